The SMILES string of the molecule is O=C(O)C(F)(F)[PH](c1ccccc1)(c1ccccc1)c1ccccc1. The predicted molar refractivity (Wildman–Crippen MR) is 99.1 cm³/mol. The molecule has 0 fully saturated rings. The van der Waals surface area contributed by atoms with Crippen LogP contribution in [0.2, 0.25) is 0 Å². The predicted octanol–water partition coefficient (Wildman–Crippen LogP) is 3.39. The Bertz CT molecular complexity index is 756. The van der Waals surface area contributed by atoms with E-state index in [1.165, 1.54) is 0 Å². The molecule has 0 radical (unpaired) electrons. The van der Waals surface area contributed by atoms with Crippen molar-refractivity contribution in [1.82, 2.24) is 0 Å². The van der Waals surface area contributed by atoms with Crippen molar-refractivity contribution in [2.75, 3.05) is 0 Å². The quantitative estimate of drug-likeness (QED) is 0.710. The summed E-state index contributed by atoms with van der Waals surface area (Å²) in [5.74, 6) is -2.10. The Kier molecular flexibility index (Phi) is 4.65. The molecule has 0 aliphatic heterocycles. The first-order chi connectivity index (χ1) is 12.0. The normalized spacial score (nSPS) is 12.6. The van der Waals surface area contributed by atoms with Gasteiger partial charge in [0, 0.05) is 0 Å². The van der Waals surface area contributed by atoms with E-state index in [2.05, 4.69) is 0 Å². The minimum absolute atomic E-state index is 0.361. The number of benzene rings is 3. The number of carbonyl (C=O) groups is 1. The standard InChI is InChI=1S/C20H17F2O2P/c21-20(22,19(23)24)25(16-10-4-1-5-11-16,17-12-6-2-7-13-17)18-14-8-3-9-15-18/h1-15,25H,(H,23,24). The monoisotopic (exact) mass is 358 g/mol. The van der Waals surface area contributed by atoms with Gasteiger partial charge in [-0.25, -0.2) is 0 Å². The van der Waals surface area contributed by atoms with Gasteiger partial charge in [-0.3, -0.25) is 0 Å². The second-order valence-corrected chi connectivity index (χ2v) is 9.59. The first-order valence-corrected chi connectivity index (χ1v) is 9.79. The number of hydrogen-bond donors (Lipinski definition) is 1. The molecule has 1 N–H and O–H groups in total. The van der Waals surface area contributed by atoms with Gasteiger partial charge >= 0.3 is 144 Å². The molecule has 0 amide bonds. The summed E-state index contributed by atoms with van der Waals surface area (Å²) in [7, 11) is -4.15. The summed E-state index contributed by atoms with van der Waals surface area (Å²) >= 11 is 0. The van der Waals surface area contributed by atoms with Gasteiger partial charge in [0.05, 0.1) is 0 Å². The van der Waals surface area contributed by atoms with E-state index in [-0.39, 0.29) is 0 Å². The van der Waals surface area contributed by atoms with E-state index < -0.39 is 18.9 Å². The molecule has 0 bridgehead atoms. The van der Waals surface area contributed by atoms with Gasteiger partial charge in [-0.1, -0.05) is 0 Å². The molecule has 0 aliphatic rings. The van der Waals surface area contributed by atoms with Crippen molar-refractivity contribution in [3.63, 3.8) is 0 Å². The molecule has 0 heterocycles. The minimum atomic E-state index is -4.15. The van der Waals surface area contributed by atoms with Crippen molar-refractivity contribution in [3.8, 4) is 0 Å². The van der Waals surface area contributed by atoms with Gasteiger partial charge in [0.25, 0.3) is 0 Å². The van der Waals surface area contributed by atoms with Crippen molar-refractivity contribution in [3.05, 3.63) is 91.0 Å². The third kappa shape index (κ3) is 2.73. The molecule has 3 aromatic carbocycles. The average Bonchev–Trinajstić information content (AvgIpc) is 2.65. The molecule has 25 heavy (non-hydrogen) atoms. The van der Waals surface area contributed by atoms with Crippen molar-refractivity contribution >= 4 is 29.1 Å². The van der Waals surface area contributed by atoms with E-state index in [0.29, 0.717) is 15.9 Å². The first-order valence-electron chi connectivity index (χ1n) is 7.79. The topological polar surface area (TPSA) is 37.3 Å². The third-order valence-corrected chi connectivity index (χ3v) is 9.11. The second kappa shape index (κ2) is 6.73. The van der Waals surface area contributed by atoms with Crippen molar-refractivity contribution in [1.29, 1.82) is 0 Å². The number of alkyl halides is 2. The molecule has 128 valence electrons. The van der Waals surface area contributed by atoms with Crippen LogP contribution in [-0.4, -0.2) is 16.7 Å². The van der Waals surface area contributed by atoms with Gasteiger partial charge in [-0.2, -0.15) is 0 Å². The molecule has 0 saturated carbocycles. The van der Waals surface area contributed by atoms with Gasteiger partial charge in [0.2, 0.25) is 0 Å². The molecule has 0 aliphatic carbocycles. The maximum atomic E-state index is 15.4. The van der Waals surface area contributed by atoms with E-state index in [4.69, 9.17) is 0 Å². The molecular weight excluding hydrogens is 341 g/mol. The van der Waals surface area contributed by atoms with E-state index in [0.717, 1.165) is 0 Å². The van der Waals surface area contributed by atoms with E-state index in [9.17, 15) is 9.90 Å². The Hall–Kier alpha value is -2.58. The number of hydrogen-bond acceptors (Lipinski definition) is 1. The van der Waals surface area contributed by atoms with Crippen LogP contribution in [0.15, 0.2) is 91.0 Å². The zero-order valence-electron chi connectivity index (χ0n) is 13.3. The van der Waals surface area contributed by atoms with Crippen LogP contribution in [0.5, 0.6) is 0 Å². The summed E-state index contributed by atoms with van der Waals surface area (Å²) in [6, 6.07) is 24.8. The number of carboxylic acid groups (broad SMARTS) is 1. The van der Waals surface area contributed by atoms with E-state index in [1.807, 2.05) is 0 Å². The van der Waals surface area contributed by atoms with Crippen LogP contribution in [0.3, 0.4) is 0 Å². The number of rotatable bonds is 5. The fraction of sp³-hybridized carbons (Fsp3) is 0.0500. The Labute approximate surface area is 145 Å². The molecule has 0 saturated heterocycles. The summed E-state index contributed by atoms with van der Waals surface area (Å²) < 4.78 is 30.8. The zero-order chi connectivity index (χ0) is 17.9. The Morgan fingerprint density at radius 2 is 0.960 bits per heavy atom. The summed E-state index contributed by atoms with van der Waals surface area (Å²) in [6.07, 6.45) is 0. The molecule has 0 atom stereocenters. The number of aliphatic carboxylic acids is 1. The molecule has 3 rings (SSSR count). The average molecular weight is 358 g/mol. The Morgan fingerprint density at radius 1 is 0.680 bits per heavy atom. The molecule has 0 unspecified atom stereocenters. The summed E-state index contributed by atoms with van der Waals surface area (Å²) in [5, 5.41) is 10.5. The molecule has 3 aromatic rings. The molecule has 2 nitrogen and oxygen atoms in total. The van der Waals surface area contributed by atoms with E-state index >= 15 is 8.78 Å². The third-order valence-electron chi connectivity index (χ3n) is 4.36. The van der Waals surface area contributed by atoms with Crippen molar-refractivity contribution < 1.29 is 18.7 Å². The van der Waals surface area contributed by atoms with Gasteiger partial charge in [-0.15, -0.1) is 0 Å². The van der Waals surface area contributed by atoms with Crippen LogP contribution >= 0.6 is 7.26 Å². The molecule has 5 heteroatoms. The summed E-state index contributed by atoms with van der Waals surface area (Å²) in [6.45, 7) is 0. The van der Waals surface area contributed by atoms with Gasteiger partial charge in [0.1, 0.15) is 0 Å². The summed E-state index contributed by atoms with van der Waals surface area (Å²) in [5.41, 5.74) is -3.92. The Morgan fingerprint density at radius 3 is 1.20 bits per heavy atom. The molecule has 0 spiro atoms. The zero-order valence-corrected chi connectivity index (χ0v) is 14.3. The van der Waals surface area contributed by atoms with Crippen LogP contribution < -0.4 is 15.9 Å². The number of carboxylic acids is 1. The second-order valence-electron chi connectivity index (χ2n) is 5.73. The first kappa shape index (κ1) is 17.2. The molecule has 0 aromatic heterocycles. The van der Waals surface area contributed by atoms with Crippen LogP contribution in [0.25, 0.3) is 0 Å². The van der Waals surface area contributed by atoms with Crippen molar-refractivity contribution in [2.45, 2.75) is 5.66 Å². The van der Waals surface area contributed by atoms with Crippen molar-refractivity contribution in [2.24, 2.45) is 0 Å². The van der Waals surface area contributed by atoms with Crippen LogP contribution in [0.1, 0.15) is 0 Å². The van der Waals surface area contributed by atoms with Crippen LogP contribution in [-0.2, 0) is 4.79 Å². The Balaban J connectivity index is 2.47. The van der Waals surface area contributed by atoms with E-state index in [1.54, 1.807) is 91.0 Å². The van der Waals surface area contributed by atoms with Gasteiger partial charge in [-0.05, 0) is 0 Å². The fourth-order valence-corrected chi connectivity index (χ4v) is 7.75. The summed E-state index contributed by atoms with van der Waals surface area (Å²) in [4.78, 5) is 11.7. The van der Waals surface area contributed by atoms with Gasteiger partial charge in [0.15, 0.2) is 0 Å². The van der Waals surface area contributed by atoms with Crippen LogP contribution in [0, 0.1) is 0 Å². The fourth-order valence-electron chi connectivity index (χ4n) is 3.27. The van der Waals surface area contributed by atoms with Crippen LogP contribution in [0.4, 0.5) is 8.78 Å². The van der Waals surface area contributed by atoms with Gasteiger partial charge < -0.3 is 0 Å². The molecular formula is C20H17F2O2P. The number of halogens is 2. The maximum absolute atomic E-state index is 15.4.